The fourth-order valence-corrected chi connectivity index (χ4v) is 0.564. The molecule has 1 N–H and O–H groups in total. The molecule has 0 aromatic rings. The number of carbonyl (C=O) groups is 1. The zero-order valence-electron chi connectivity index (χ0n) is 3.78. The molecule has 2 nitrogen and oxygen atoms in total. The van der Waals surface area contributed by atoms with Gasteiger partial charge in [-0.25, -0.2) is 4.39 Å². The summed E-state index contributed by atoms with van der Waals surface area (Å²) in [5.74, 6) is -0.458. The summed E-state index contributed by atoms with van der Waals surface area (Å²) in [7, 11) is 0. The minimum absolute atomic E-state index is 0.346. The number of alkyl halides is 1. The lowest BCUT2D eigenvalue weighted by Gasteiger charge is -1.86. The zero-order valence-corrected chi connectivity index (χ0v) is 3.78. The van der Waals surface area contributed by atoms with Crippen LogP contribution in [0.1, 0.15) is 6.42 Å². The molecule has 1 unspecified atom stereocenters. The fourth-order valence-electron chi connectivity index (χ4n) is 0.564. The van der Waals surface area contributed by atoms with Gasteiger partial charge in [0.2, 0.25) is 0 Å². The normalized spacial score (nSPS) is 30.4. The van der Waals surface area contributed by atoms with Crippen LogP contribution in [-0.4, -0.2) is 18.6 Å². The molecule has 0 saturated carbocycles. The first kappa shape index (κ1) is 4.56. The Hall–Kier alpha value is -0.600. The second kappa shape index (κ2) is 1.48. The van der Waals surface area contributed by atoms with Crippen molar-refractivity contribution in [2.75, 3.05) is 6.54 Å². The molecular weight excluding hydrogens is 97.0 g/mol. The van der Waals surface area contributed by atoms with Crippen LogP contribution >= 0.6 is 0 Å². The average Bonchev–Trinajstić information content (AvgIpc) is 1.91. The van der Waals surface area contributed by atoms with Crippen LogP contribution in [0.4, 0.5) is 4.39 Å². The van der Waals surface area contributed by atoms with Gasteiger partial charge in [-0.05, 0) is 0 Å². The van der Waals surface area contributed by atoms with E-state index in [1.54, 1.807) is 0 Å². The second-order valence-electron chi connectivity index (χ2n) is 1.55. The molecule has 1 amide bonds. The third-order valence-corrected chi connectivity index (χ3v) is 0.982. The first-order valence-electron chi connectivity index (χ1n) is 2.22. The number of halogens is 1. The third-order valence-electron chi connectivity index (χ3n) is 0.982. The predicted octanol–water partition coefficient (Wildman–Crippen LogP) is -0.156. The summed E-state index contributed by atoms with van der Waals surface area (Å²) in [6.45, 7) is 0.500. The Kier molecular flexibility index (Phi) is 0.964. The highest BCUT2D eigenvalue weighted by atomic mass is 19.1. The number of nitrogens with one attached hydrogen (secondary N) is 1. The molecule has 3 heteroatoms. The Bertz CT molecular complexity index is 93.7. The van der Waals surface area contributed by atoms with E-state index >= 15 is 0 Å². The van der Waals surface area contributed by atoms with Crippen LogP contribution in [-0.2, 0) is 4.79 Å². The second-order valence-corrected chi connectivity index (χ2v) is 1.55. The van der Waals surface area contributed by atoms with Crippen molar-refractivity contribution in [1.82, 2.24) is 5.32 Å². The summed E-state index contributed by atoms with van der Waals surface area (Å²) in [5, 5.41) is 2.36. The lowest BCUT2D eigenvalue weighted by atomic mass is 10.3. The molecule has 0 bridgehead atoms. The number of amides is 1. The van der Waals surface area contributed by atoms with E-state index in [2.05, 4.69) is 5.32 Å². The van der Waals surface area contributed by atoms with Gasteiger partial charge in [-0.2, -0.15) is 0 Å². The number of hydrogen-bond acceptors (Lipinski definition) is 1. The van der Waals surface area contributed by atoms with Crippen LogP contribution in [0.3, 0.4) is 0 Å². The standard InChI is InChI=1S/C4H6FNO/c5-3-1-2-6-4(3)7/h3H,1-2H2,(H,6,7). The smallest absolute Gasteiger partial charge is 0.254 e. The highest BCUT2D eigenvalue weighted by Crippen LogP contribution is 2.01. The molecule has 0 aromatic carbocycles. The van der Waals surface area contributed by atoms with Gasteiger partial charge in [-0.3, -0.25) is 4.79 Å². The van der Waals surface area contributed by atoms with Crippen molar-refractivity contribution in [2.45, 2.75) is 12.6 Å². The van der Waals surface area contributed by atoms with Crippen molar-refractivity contribution in [3.8, 4) is 0 Å². The molecular formula is C4H6FNO. The lowest BCUT2D eigenvalue weighted by molar-refractivity contribution is -0.123. The molecule has 0 spiro atoms. The summed E-state index contributed by atoms with van der Waals surface area (Å²) < 4.78 is 11.9. The largest absolute Gasteiger partial charge is 0.353 e. The highest BCUT2D eigenvalue weighted by Gasteiger charge is 2.22. The van der Waals surface area contributed by atoms with Crippen LogP contribution < -0.4 is 5.32 Å². The topological polar surface area (TPSA) is 29.1 Å². The van der Waals surface area contributed by atoms with Gasteiger partial charge in [0.25, 0.3) is 5.91 Å². The maximum Gasteiger partial charge on any atom is 0.254 e. The first-order chi connectivity index (χ1) is 3.30. The van der Waals surface area contributed by atoms with E-state index in [1.165, 1.54) is 0 Å². The van der Waals surface area contributed by atoms with Gasteiger partial charge in [0.15, 0.2) is 6.17 Å². The van der Waals surface area contributed by atoms with E-state index in [0.717, 1.165) is 0 Å². The van der Waals surface area contributed by atoms with Gasteiger partial charge in [0.1, 0.15) is 0 Å². The Balaban J connectivity index is 2.48. The van der Waals surface area contributed by atoms with Gasteiger partial charge < -0.3 is 5.32 Å². The van der Waals surface area contributed by atoms with Crippen LogP contribution in [0, 0.1) is 0 Å². The van der Waals surface area contributed by atoms with Crippen molar-refractivity contribution in [3.63, 3.8) is 0 Å². The zero-order chi connectivity index (χ0) is 5.28. The SMILES string of the molecule is O=C1NCCC1F. The monoisotopic (exact) mass is 103 g/mol. The Morgan fingerprint density at radius 1 is 1.86 bits per heavy atom. The maximum absolute atomic E-state index is 11.9. The fraction of sp³-hybridized carbons (Fsp3) is 0.750. The van der Waals surface area contributed by atoms with Gasteiger partial charge in [0, 0.05) is 13.0 Å². The van der Waals surface area contributed by atoms with Crippen LogP contribution in [0.15, 0.2) is 0 Å². The summed E-state index contributed by atoms with van der Waals surface area (Å²) in [5.41, 5.74) is 0. The van der Waals surface area contributed by atoms with E-state index in [1.807, 2.05) is 0 Å². The number of carbonyl (C=O) groups excluding carboxylic acids is 1. The molecule has 40 valence electrons. The van der Waals surface area contributed by atoms with Gasteiger partial charge >= 0.3 is 0 Å². The Morgan fingerprint density at radius 3 is 2.71 bits per heavy atom. The highest BCUT2D eigenvalue weighted by molar-refractivity contribution is 5.82. The minimum atomic E-state index is -1.24. The third kappa shape index (κ3) is 0.706. The molecule has 1 aliphatic heterocycles. The summed E-state index contributed by atoms with van der Waals surface area (Å²) >= 11 is 0. The molecule has 1 fully saturated rings. The molecule has 0 radical (unpaired) electrons. The van der Waals surface area contributed by atoms with Crippen LogP contribution in [0.2, 0.25) is 0 Å². The molecule has 1 rings (SSSR count). The van der Waals surface area contributed by atoms with Crippen molar-refractivity contribution in [3.05, 3.63) is 0 Å². The van der Waals surface area contributed by atoms with E-state index in [0.29, 0.717) is 13.0 Å². The Morgan fingerprint density at radius 2 is 2.57 bits per heavy atom. The summed E-state index contributed by atoms with van der Waals surface area (Å²) in [6.07, 6.45) is -0.890. The molecule has 1 aliphatic rings. The molecule has 7 heavy (non-hydrogen) atoms. The first-order valence-corrected chi connectivity index (χ1v) is 2.22. The number of rotatable bonds is 0. The molecule has 1 heterocycles. The van der Waals surface area contributed by atoms with E-state index in [9.17, 15) is 9.18 Å². The quantitative estimate of drug-likeness (QED) is 0.453. The van der Waals surface area contributed by atoms with Crippen molar-refractivity contribution >= 4 is 5.91 Å². The maximum atomic E-state index is 11.9. The molecule has 1 atom stereocenters. The van der Waals surface area contributed by atoms with Crippen LogP contribution in [0.25, 0.3) is 0 Å². The van der Waals surface area contributed by atoms with E-state index in [4.69, 9.17) is 0 Å². The molecule has 0 aliphatic carbocycles. The van der Waals surface area contributed by atoms with Crippen LogP contribution in [0.5, 0.6) is 0 Å². The van der Waals surface area contributed by atoms with Crippen molar-refractivity contribution in [2.24, 2.45) is 0 Å². The molecule has 0 aromatic heterocycles. The predicted molar refractivity (Wildman–Crippen MR) is 22.5 cm³/mol. The summed E-state index contributed by atoms with van der Waals surface area (Å²) in [4.78, 5) is 10.1. The molecule has 1 saturated heterocycles. The van der Waals surface area contributed by atoms with E-state index in [-0.39, 0.29) is 0 Å². The minimum Gasteiger partial charge on any atom is -0.353 e. The average molecular weight is 103 g/mol. The number of hydrogen-bond donors (Lipinski definition) is 1. The van der Waals surface area contributed by atoms with E-state index < -0.39 is 12.1 Å². The lowest BCUT2D eigenvalue weighted by Crippen LogP contribution is -2.19. The summed E-state index contributed by atoms with van der Waals surface area (Å²) in [6, 6.07) is 0. The Labute approximate surface area is 40.7 Å². The van der Waals surface area contributed by atoms with Crippen molar-refractivity contribution < 1.29 is 9.18 Å². The van der Waals surface area contributed by atoms with Crippen molar-refractivity contribution in [1.29, 1.82) is 0 Å². The van der Waals surface area contributed by atoms with Gasteiger partial charge in [0.05, 0.1) is 0 Å². The van der Waals surface area contributed by atoms with Gasteiger partial charge in [-0.1, -0.05) is 0 Å². The van der Waals surface area contributed by atoms with Gasteiger partial charge in [-0.15, -0.1) is 0 Å².